The average molecular weight is 418 g/mol. The highest BCUT2D eigenvalue weighted by Gasteiger charge is 2.20. The summed E-state index contributed by atoms with van der Waals surface area (Å²) < 4.78 is 5.38. The number of piperazine rings is 1. The van der Waals surface area contributed by atoms with E-state index in [-0.39, 0.29) is 0 Å². The summed E-state index contributed by atoms with van der Waals surface area (Å²) in [5.74, 6) is 1.76. The van der Waals surface area contributed by atoms with Crippen LogP contribution in [0.3, 0.4) is 0 Å². The van der Waals surface area contributed by atoms with E-state index in [1.54, 1.807) is 11.3 Å². The van der Waals surface area contributed by atoms with Crippen LogP contribution in [0, 0.1) is 0 Å². The number of carbonyl (C=O) groups is 1. The van der Waals surface area contributed by atoms with Crippen LogP contribution >= 0.6 is 11.3 Å². The molecular formula is C21H31N5O2S. The summed E-state index contributed by atoms with van der Waals surface area (Å²) in [6.45, 7) is 8.12. The molecule has 2 fully saturated rings. The number of rotatable bonds is 8. The van der Waals surface area contributed by atoms with Gasteiger partial charge >= 0.3 is 0 Å². The number of carbonyl (C=O) groups excluding carboxylic acids is 1. The van der Waals surface area contributed by atoms with Gasteiger partial charge in [-0.1, -0.05) is 11.2 Å². The van der Waals surface area contributed by atoms with Crippen molar-refractivity contribution in [2.24, 2.45) is 0 Å². The Morgan fingerprint density at radius 1 is 1.03 bits per heavy atom. The third-order valence-corrected chi connectivity index (χ3v) is 6.76. The lowest BCUT2D eigenvalue weighted by atomic mass is 10.1. The van der Waals surface area contributed by atoms with Gasteiger partial charge in [0, 0.05) is 58.7 Å². The molecule has 0 atom stereocenters. The molecule has 0 bridgehead atoms. The van der Waals surface area contributed by atoms with Crippen molar-refractivity contribution in [3.05, 3.63) is 23.4 Å². The van der Waals surface area contributed by atoms with Crippen molar-refractivity contribution < 1.29 is 9.32 Å². The molecule has 4 rings (SSSR count). The number of piperidine rings is 1. The van der Waals surface area contributed by atoms with Crippen molar-refractivity contribution in [2.75, 3.05) is 52.4 Å². The third kappa shape index (κ3) is 5.87. The minimum atomic E-state index is 0.341. The van der Waals surface area contributed by atoms with E-state index in [9.17, 15) is 4.79 Å². The van der Waals surface area contributed by atoms with Crippen LogP contribution < -0.4 is 0 Å². The molecule has 0 aromatic carbocycles. The van der Waals surface area contributed by atoms with Crippen LogP contribution in [-0.2, 0) is 11.2 Å². The first-order valence-electron chi connectivity index (χ1n) is 10.9. The minimum Gasteiger partial charge on any atom is -0.343 e. The van der Waals surface area contributed by atoms with E-state index in [4.69, 9.17) is 4.52 Å². The summed E-state index contributed by atoms with van der Waals surface area (Å²) in [5, 5.41) is 6.10. The van der Waals surface area contributed by atoms with Gasteiger partial charge < -0.3 is 19.2 Å². The Morgan fingerprint density at radius 3 is 2.52 bits per heavy atom. The van der Waals surface area contributed by atoms with Gasteiger partial charge in [0.25, 0.3) is 0 Å². The Labute approximate surface area is 176 Å². The van der Waals surface area contributed by atoms with Gasteiger partial charge in [-0.25, -0.2) is 0 Å². The fourth-order valence-electron chi connectivity index (χ4n) is 4.11. The summed E-state index contributed by atoms with van der Waals surface area (Å²) in [6, 6.07) is 4.01. The predicted molar refractivity (Wildman–Crippen MR) is 114 cm³/mol. The van der Waals surface area contributed by atoms with E-state index in [0.29, 0.717) is 18.2 Å². The summed E-state index contributed by atoms with van der Waals surface area (Å²) in [6.07, 6.45) is 6.13. The summed E-state index contributed by atoms with van der Waals surface area (Å²) >= 11 is 1.63. The van der Waals surface area contributed by atoms with Crippen LogP contribution in [0.2, 0.25) is 0 Å². The maximum absolute atomic E-state index is 12.3. The first-order chi connectivity index (χ1) is 14.3. The van der Waals surface area contributed by atoms with Crippen molar-refractivity contribution in [3.8, 4) is 10.7 Å². The molecule has 0 spiro atoms. The Morgan fingerprint density at radius 2 is 1.79 bits per heavy atom. The van der Waals surface area contributed by atoms with Crippen LogP contribution in [0.25, 0.3) is 10.7 Å². The standard InChI is InChI=1S/C21H31N5O2S/c27-20(26-10-2-1-3-11-26)8-12-25-15-13-24(14-16-25)9-4-7-19-22-21(23-28-19)18-6-5-17-29-18/h5-6,17H,1-4,7-16H2. The molecule has 7 nitrogen and oxygen atoms in total. The van der Waals surface area contributed by atoms with Gasteiger partial charge in [-0.2, -0.15) is 4.98 Å². The van der Waals surface area contributed by atoms with Crippen LogP contribution in [0.15, 0.2) is 22.0 Å². The smallest absolute Gasteiger partial charge is 0.227 e. The highest BCUT2D eigenvalue weighted by molar-refractivity contribution is 7.13. The highest BCUT2D eigenvalue weighted by atomic mass is 32.1. The van der Waals surface area contributed by atoms with Gasteiger partial charge in [0.05, 0.1) is 4.88 Å². The number of aryl methyl sites for hydroxylation is 1. The van der Waals surface area contributed by atoms with Crippen molar-refractivity contribution in [3.63, 3.8) is 0 Å². The number of hydrogen-bond donors (Lipinski definition) is 0. The second-order valence-electron chi connectivity index (χ2n) is 7.97. The normalized spacial score (nSPS) is 19.0. The molecule has 158 valence electrons. The Bertz CT molecular complexity index is 749. The second-order valence-corrected chi connectivity index (χ2v) is 8.92. The molecule has 2 aliphatic heterocycles. The van der Waals surface area contributed by atoms with Gasteiger partial charge in [-0.15, -0.1) is 11.3 Å². The van der Waals surface area contributed by atoms with Crippen LogP contribution in [0.5, 0.6) is 0 Å². The molecule has 8 heteroatoms. The first-order valence-corrected chi connectivity index (χ1v) is 11.7. The SMILES string of the molecule is O=C(CCN1CCN(CCCc2nc(-c3cccs3)no2)CC1)N1CCCCC1. The lowest BCUT2D eigenvalue weighted by Gasteiger charge is -2.35. The lowest BCUT2D eigenvalue weighted by molar-refractivity contribution is -0.132. The molecule has 0 aliphatic carbocycles. The largest absolute Gasteiger partial charge is 0.343 e. The van der Waals surface area contributed by atoms with E-state index in [0.717, 1.165) is 76.0 Å². The molecule has 4 heterocycles. The fourth-order valence-corrected chi connectivity index (χ4v) is 4.76. The van der Waals surface area contributed by atoms with Crippen molar-refractivity contribution >= 4 is 17.2 Å². The molecule has 29 heavy (non-hydrogen) atoms. The van der Waals surface area contributed by atoms with Gasteiger partial charge in [0.15, 0.2) is 0 Å². The summed E-state index contributed by atoms with van der Waals surface area (Å²) in [7, 11) is 0. The molecular weight excluding hydrogens is 386 g/mol. The van der Waals surface area contributed by atoms with Crippen LogP contribution in [0.1, 0.15) is 38.0 Å². The molecule has 2 aliphatic rings. The van der Waals surface area contributed by atoms with Gasteiger partial charge in [0.1, 0.15) is 0 Å². The fraction of sp³-hybridized carbons (Fsp3) is 0.667. The second kappa shape index (κ2) is 10.3. The molecule has 1 amide bonds. The number of aromatic nitrogens is 2. The zero-order valence-corrected chi connectivity index (χ0v) is 17.9. The Hall–Kier alpha value is -1.77. The third-order valence-electron chi connectivity index (χ3n) is 5.89. The van der Waals surface area contributed by atoms with Gasteiger partial charge in [-0.3, -0.25) is 4.79 Å². The average Bonchev–Trinajstić information content (AvgIpc) is 3.46. The topological polar surface area (TPSA) is 65.7 Å². The van der Waals surface area contributed by atoms with E-state index >= 15 is 0 Å². The number of likely N-dealkylation sites (tertiary alicyclic amines) is 1. The lowest BCUT2D eigenvalue weighted by Crippen LogP contribution is -2.47. The summed E-state index contributed by atoms with van der Waals surface area (Å²) in [4.78, 5) is 24.9. The van der Waals surface area contributed by atoms with E-state index in [1.807, 2.05) is 17.5 Å². The van der Waals surface area contributed by atoms with Crippen LogP contribution in [0.4, 0.5) is 0 Å². The van der Waals surface area contributed by atoms with Crippen LogP contribution in [-0.4, -0.2) is 83.1 Å². The molecule has 0 saturated carbocycles. The number of nitrogens with zero attached hydrogens (tertiary/aromatic N) is 5. The van der Waals surface area contributed by atoms with Crippen molar-refractivity contribution in [1.82, 2.24) is 24.8 Å². The zero-order chi connectivity index (χ0) is 19.9. The number of hydrogen-bond acceptors (Lipinski definition) is 7. The molecule has 2 aromatic rings. The number of thiophene rings is 1. The minimum absolute atomic E-state index is 0.341. The Balaban J connectivity index is 1.10. The summed E-state index contributed by atoms with van der Waals surface area (Å²) in [5.41, 5.74) is 0. The molecule has 0 N–H and O–H groups in total. The molecule has 0 radical (unpaired) electrons. The number of amides is 1. The molecule has 2 aromatic heterocycles. The maximum atomic E-state index is 12.3. The first kappa shape index (κ1) is 20.5. The predicted octanol–water partition coefficient (Wildman–Crippen LogP) is 2.75. The quantitative estimate of drug-likeness (QED) is 0.658. The van der Waals surface area contributed by atoms with Gasteiger partial charge in [-0.05, 0) is 43.7 Å². The van der Waals surface area contributed by atoms with E-state index in [1.165, 1.54) is 19.3 Å². The highest BCUT2D eigenvalue weighted by Crippen LogP contribution is 2.21. The van der Waals surface area contributed by atoms with Gasteiger partial charge in [0.2, 0.25) is 17.6 Å². The maximum Gasteiger partial charge on any atom is 0.227 e. The van der Waals surface area contributed by atoms with Crippen molar-refractivity contribution in [2.45, 2.75) is 38.5 Å². The monoisotopic (exact) mass is 417 g/mol. The van der Waals surface area contributed by atoms with E-state index in [2.05, 4.69) is 24.8 Å². The van der Waals surface area contributed by atoms with E-state index < -0.39 is 0 Å². The molecule has 0 unspecified atom stereocenters. The van der Waals surface area contributed by atoms with Crippen molar-refractivity contribution in [1.29, 1.82) is 0 Å². The zero-order valence-electron chi connectivity index (χ0n) is 17.1. The Kier molecular flexibility index (Phi) is 7.29. The molecule has 2 saturated heterocycles.